The summed E-state index contributed by atoms with van der Waals surface area (Å²) in [5.74, 6) is 0. The zero-order valence-corrected chi connectivity index (χ0v) is 30.1. The van der Waals surface area contributed by atoms with Crippen molar-refractivity contribution in [2.24, 2.45) is 0 Å². The Bertz CT molecular complexity index is 1010. The highest BCUT2D eigenvalue weighted by Crippen LogP contribution is 2.20. The van der Waals surface area contributed by atoms with Crippen LogP contribution in [0.4, 0.5) is 0 Å². The molecular formula is C41H68O2. The summed E-state index contributed by atoms with van der Waals surface area (Å²) in [7, 11) is 1.80. The van der Waals surface area contributed by atoms with Crippen molar-refractivity contribution in [2.45, 2.75) is 157 Å². The first-order valence-corrected chi connectivity index (χ1v) is 16.7. The number of aliphatic hydroxyl groups is 1. The van der Waals surface area contributed by atoms with E-state index in [1.54, 1.807) is 7.11 Å². The Morgan fingerprint density at radius 2 is 0.977 bits per heavy atom. The predicted octanol–water partition coefficient (Wildman–Crippen LogP) is 12.7. The Hall–Kier alpha value is -2.16. The lowest BCUT2D eigenvalue weighted by Crippen LogP contribution is -2.21. The topological polar surface area (TPSA) is 29.5 Å². The molecule has 0 aliphatic heterocycles. The molecule has 43 heavy (non-hydrogen) atoms. The first kappa shape index (κ1) is 40.8. The van der Waals surface area contributed by atoms with Gasteiger partial charge in [-0.1, -0.05) is 94.2 Å². The number of methoxy groups -OCH3 is 1. The number of rotatable bonds is 22. The predicted molar refractivity (Wildman–Crippen MR) is 194 cm³/mol. The zero-order valence-electron chi connectivity index (χ0n) is 30.1. The van der Waals surface area contributed by atoms with Gasteiger partial charge < -0.3 is 9.84 Å². The third kappa shape index (κ3) is 27.1. The Morgan fingerprint density at radius 3 is 1.47 bits per heavy atom. The fourth-order valence-corrected chi connectivity index (χ4v) is 4.65. The van der Waals surface area contributed by atoms with Crippen molar-refractivity contribution in [2.75, 3.05) is 7.11 Å². The van der Waals surface area contributed by atoms with Gasteiger partial charge in [-0.3, -0.25) is 0 Å². The van der Waals surface area contributed by atoms with E-state index in [4.69, 9.17) is 4.74 Å². The maximum atomic E-state index is 9.85. The number of hydrogen-bond donors (Lipinski definition) is 1. The van der Waals surface area contributed by atoms with Gasteiger partial charge in [-0.15, -0.1) is 0 Å². The minimum absolute atomic E-state index is 0.0145. The minimum Gasteiger partial charge on any atom is -0.390 e. The second-order valence-corrected chi connectivity index (χ2v) is 13.9. The maximum absolute atomic E-state index is 9.85. The summed E-state index contributed by atoms with van der Waals surface area (Å²) < 4.78 is 5.52. The molecule has 0 heterocycles. The molecule has 0 saturated heterocycles. The van der Waals surface area contributed by atoms with Gasteiger partial charge in [-0.2, -0.15) is 0 Å². The summed E-state index contributed by atoms with van der Waals surface area (Å²) >= 11 is 0. The number of hydrogen-bond acceptors (Lipinski definition) is 2. The second-order valence-electron chi connectivity index (χ2n) is 13.9. The molecule has 0 aliphatic carbocycles. The molecule has 2 nitrogen and oxygen atoms in total. The summed E-state index contributed by atoms with van der Waals surface area (Å²) in [6, 6.07) is 0. The Labute approximate surface area is 268 Å². The maximum Gasteiger partial charge on any atom is 0.0622 e. The molecule has 0 radical (unpaired) electrons. The lowest BCUT2D eigenvalue weighted by molar-refractivity contribution is 0.0140. The highest BCUT2D eigenvalue weighted by atomic mass is 16.5. The van der Waals surface area contributed by atoms with Gasteiger partial charge in [-0.25, -0.2) is 0 Å². The zero-order chi connectivity index (χ0) is 32.7. The van der Waals surface area contributed by atoms with E-state index in [-0.39, 0.29) is 5.60 Å². The molecule has 0 bridgehead atoms. The van der Waals surface area contributed by atoms with Crippen LogP contribution in [0, 0.1) is 0 Å². The Morgan fingerprint density at radius 1 is 0.558 bits per heavy atom. The molecule has 0 atom stereocenters. The monoisotopic (exact) mass is 593 g/mol. The van der Waals surface area contributed by atoms with E-state index >= 15 is 0 Å². The summed E-state index contributed by atoms with van der Waals surface area (Å²) in [4.78, 5) is 0. The highest BCUT2D eigenvalue weighted by Gasteiger charge is 2.15. The van der Waals surface area contributed by atoms with Crippen LogP contribution in [0.5, 0.6) is 0 Å². The van der Waals surface area contributed by atoms with Crippen LogP contribution in [0.25, 0.3) is 0 Å². The summed E-state index contributed by atoms with van der Waals surface area (Å²) in [6.07, 6.45) is 35.5. The van der Waals surface area contributed by atoms with Gasteiger partial charge in [-0.05, 0) is 146 Å². The Kier molecular flexibility index (Phi) is 22.1. The van der Waals surface area contributed by atoms with Crippen LogP contribution in [-0.2, 0) is 4.74 Å². The quantitative estimate of drug-likeness (QED) is 0.100. The normalized spacial score (nSPS) is 15.4. The molecule has 0 aliphatic rings. The van der Waals surface area contributed by atoms with Crippen LogP contribution >= 0.6 is 0 Å². The standard InChI is InChI=1S/C41H68O2/c1-34(22-14-24-36(3)26-16-28-38(5)30-18-32-40(7,8)42)20-12-13-21-35(2)23-15-25-37(4)27-17-29-39(6)31-19-33-41(9,10)43-11/h12-13,15,20-21,23-25,28-29,42H,14,16-19,22,26-27,30-33H2,1-11H3. The Balaban J connectivity index is 4.38. The molecular weight excluding hydrogens is 524 g/mol. The summed E-state index contributed by atoms with van der Waals surface area (Å²) in [6.45, 7) is 21.4. The van der Waals surface area contributed by atoms with Gasteiger partial charge in [0.1, 0.15) is 0 Å². The first-order chi connectivity index (χ1) is 20.1. The van der Waals surface area contributed by atoms with Crippen molar-refractivity contribution in [3.05, 3.63) is 94.2 Å². The number of allylic oxidation sites excluding steroid dienone is 16. The fraction of sp³-hybridized carbons (Fsp3) is 0.610. The van der Waals surface area contributed by atoms with Crippen molar-refractivity contribution >= 4 is 0 Å². The second kappa shape index (κ2) is 23.3. The summed E-state index contributed by atoms with van der Waals surface area (Å²) in [5, 5.41) is 9.85. The van der Waals surface area contributed by atoms with Crippen molar-refractivity contribution in [3.8, 4) is 0 Å². The first-order valence-electron chi connectivity index (χ1n) is 16.7. The molecule has 0 fully saturated rings. The van der Waals surface area contributed by atoms with Crippen LogP contribution in [0.2, 0.25) is 0 Å². The van der Waals surface area contributed by atoms with Crippen LogP contribution < -0.4 is 0 Å². The molecule has 0 rings (SSSR count). The molecule has 0 unspecified atom stereocenters. The van der Waals surface area contributed by atoms with E-state index in [0.29, 0.717) is 0 Å². The summed E-state index contributed by atoms with van der Waals surface area (Å²) in [5.41, 5.74) is 7.91. The minimum atomic E-state index is -0.549. The van der Waals surface area contributed by atoms with Crippen LogP contribution in [0.3, 0.4) is 0 Å². The van der Waals surface area contributed by atoms with Crippen LogP contribution in [0.1, 0.15) is 146 Å². The van der Waals surface area contributed by atoms with E-state index in [1.165, 1.54) is 39.9 Å². The van der Waals surface area contributed by atoms with E-state index in [2.05, 4.69) is 116 Å². The van der Waals surface area contributed by atoms with Gasteiger partial charge in [0.2, 0.25) is 0 Å². The van der Waals surface area contributed by atoms with E-state index in [1.807, 2.05) is 13.8 Å². The average Bonchev–Trinajstić information content (AvgIpc) is 2.90. The van der Waals surface area contributed by atoms with Gasteiger partial charge in [0.05, 0.1) is 11.2 Å². The molecule has 244 valence electrons. The third-order valence-corrected chi connectivity index (χ3v) is 7.95. The van der Waals surface area contributed by atoms with Crippen LogP contribution in [-0.4, -0.2) is 23.4 Å². The smallest absolute Gasteiger partial charge is 0.0622 e. The van der Waals surface area contributed by atoms with Crippen molar-refractivity contribution in [1.29, 1.82) is 0 Å². The van der Waals surface area contributed by atoms with Gasteiger partial charge in [0.15, 0.2) is 0 Å². The fourth-order valence-electron chi connectivity index (χ4n) is 4.65. The lowest BCUT2D eigenvalue weighted by Gasteiger charge is -2.22. The number of ether oxygens (including phenoxy) is 1. The van der Waals surface area contributed by atoms with Crippen molar-refractivity contribution in [3.63, 3.8) is 0 Å². The van der Waals surface area contributed by atoms with Crippen molar-refractivity contribution < 1.29 is 9.84 Å². The molecule has 0 aromatic carbocycles. The van der Waals surface area contributed by atoms with Gasteiger partial charge in [0, 0.05) is 7.11 Å². The molecule has 0 saturated carbocycles. The lowest BCUT2D eigenvalue weighted by atomic mass is 9.98. The highest BCUT2D eigenvalue weighted by molar-refractivity contribution is 5.27. The molecule has 0 aromatic heterocycles. The van der Waals surface area contributed by atoms with Crippen molar-refractivity contribution in [1.82, 2.24) is 0 Å². The molecule has 0 amide bonds. The SMILES string of the molecule is COC(C)(C)CCCC(C)=CCCC(C)=CC=CC(C)=CC=CC=C(C)CCC=C(C)CCC=C(C)CCCC(C)(C)O. The van der Waals surface area contributed by atoms with E-state index < -0.39 is 5.60 Å². The largest absolute Gasteiger partial charge is 0.390 e. The molecule has 1 N–H and O–H groups in total. The average molecular weight is 593 g/mol. The van der Waals surface area contributed by atoms with E-state index in [0.717, 1.165) is 70.6 Å². The molecule has 0 aromatic rings. The van der Waals surface area contributed by atoms with Crippen LogP contribution in [0.15, 0.2) is 94.2 Å². The van der Waals surface area contributed by atoms with Gasteiger partial charge >= 0.3 is 0 Å². The third-order valence-electron chi connectivity index (χ3n) is 7.95. The van der Waals surface area contributed by atoms with Gasteiger partial charge in [0.25, 0.3) is 0 Å². The van der Waals surface area contributed by atoms with E-state index in [9.17, 15) is 5.11 Å². The molecule has 2 heteroatoms. The molecule has 0 spiro atoms.